The largest absolute Gasteiger partial charge is 0.351 e. The SMILES string of the molecule is Cc1nnc2ccc(N3CC4CC(C3)N4C(=O)CCc3ccccc3)nn12. The summed E-state index contributed by atoms with van der Waals surface area (Å²) < 4.78 is 1.78. The molecule has 3 fully saturated rings. The van der Waals surface area contributed by atoms with E-state index >= 15 is 0 Å². The van der Waals surface area contributed by atoms with Gasteiger partial charge in [-0.3, -0.25) is 4.79 Å². The van der Waals surface area contributed by atoms with Gasteiger partial charge in [-0.1, -0.05) is 30.3 Å². The number of piperazine rings is 1. The van der Waals surface area contributed by atoms with Crippen LogP contribution in [0.15, 0.2) is 42.5 Å². The summed E-state index contributed by atoms with van der Waals surface area (Å²) in [5, 5.41) is 12.8. The van der Waals surface area contributed by atoms with Crippen molar-refractivity contribution in [3.63, 3.8) is 0 Å². The minimum atomic E-state index is 0.276. The van der Waals surface area contributed by atoms with Crippen molar-refractivity contribution >= 4 is 17.4 Å². The summed E-state index contributed by atoms with van der Waals surface area (Å²) in [6.07, 6.45) is 2.49. The van der Waals surface area contributed by atoms with Crippen LogP contribution >= 0.6 is 0 Å². The van der Waals surface area contributed by atoms with Crippen molar-refractivity contribution in [1.82, 2.24) is 24.7 Å². The van der Waals surface area contributed by atoms with E-state index in [2.05, 4.69) is 37.2 Å². The molecule has 2 aromatic heterocycles. The van der Waals surface area contributed by atoms with Crippen LogP contribution in [0.5, 0.6) is 0 Å². The maximum absolute atomic E-state index is 12.7. The van der Waals surface area contributed by atoms with Crippen molar-refractivity contribution in [2.75, 3.05) is 18.0 Å². The number of anilines is 1. The third-order valence-corrected chi connectivity index (χ3v) is 5.68. The molecule has 0 aliphatic carbocycles. The molecule has 0 N–H and O–H groups in total. The Hall–Kier alpha value is -2.96. The van der Waals surface area contributed by atoms with Gasteiger partial charge in [-0.2, -0.15) is 4.52 Å². The minimum absolute atomic E-state index is 0.276. The summed E-state index contributed by atoms with van der Waals surface area (Å²) in [4.78, 5) is 17.1. The Balaban J connectivity index is 1.24. The lowest BCUT2D eigenvalue weighted by atomic mass is 9.86. The van der Waals surface area contributed by atoms with Gasteiger partial charge in [0.1, 0.15) is 5.82 Å². The number of hydrogen-bond acceptors (Lipinski definition) is 5. The summed E-state index contributed by atoms with van der Waals surface area (Å²) >= 11 is 0. The highest BCUT2D eigenvalue weighted by molar-refractivity contribution is 5.78. The summed E-state index contributed by atoms with van der Waals surface area (Å²) in [5.41, 5.74) is 1.98. The molecule has 7 heteroatoms. The highest BCUT2D eigenvalue weighted by Crippen LogP contribution is 2.34. The second-order valence-electron chi connectivity index (χ2n) is 7.44. The van der Waals surface area contributed by atoms with Crippen LogP contribution in [-0.2, 0) is 11.2 Å². The Kier molecular flexibility index (Phi) is 3.81. The molecule has 3 saturated heterocycles. The summed E-state index contributed by atoms with van der Waals surface area (Å²) in [5.74, 6) is 1.99. The van der Waals surface area contributed by atoms with Gasteiger partial charge in [0, 0.05) is 19.5 Å². The molecular formula is C20H22N6O. The first-order valence-electron chi connectivity index (χ1n) is 9.48. The average molecular weight is 362 g/mol. The summed E-state index contributed by atoms with van der Waals surface area (Å²) in [7, 11) is 0. The Morgan fingerprint density at radius 3 is 2.63 bits per heavy atom. The molecule has 0 radical (unpaired) electrons. The molecule has 2 unspecified atom stereocenters. The van der Waals surface area contributed by atoms with Gasteiger partial charge in [-0.25, -0.2) is 0 Å². The predicted molar refractivity (Wildman–Crippen MR) is 102 cm³/mol. The maximum Gasteiger partial charge on any atom is 0.223 e. The van der Waals surface area contributed by atoms with E-state index in [1.165, 1.54) is 5.56 Å². The van der Waals surface area contributed by atoms with Crippen molar-refractivity contribution in [1.29, 1.82) is 0 Å². The van der Waals surface area contributed by atoms with E-state index in [1.807, 2.05) is 37.3 Å². The van der Waals surface area contributed by atoms with Crippen molar-refractivity contribution in [3.05, 3.63) is 53.9 Å². The minimum Gasteiger partial charge on any atom is -0.351 e. The molecule has 27 heavy (non-hydrogen) atoms. The van der Waals surface area contributed by atoms with Gasteiger partial charge in [0.15, 0.2) is 11.5 Å². The van der Waals surface area contributed by atoms with E-state index in [1.54, 1.807) is 4.52 Å². The molecule has 2 bridgehead atoms. The highest BCUT2D eigenvalue weighted by atomic mass is 16.2. The summed E-state index contributed by atoms with van der Waals surface area (Å²) in [6, 6.07) is 14.8. The van der Waals surface area contributed by atoms with Gasteiger partial charge in [-0.15, -0.1) is 15.3 Å². The standard InChI is InChI=1S/C20H22N6O/c1-14-21-22-18-8-9-19(23-26(14)18)24-12-16-11-17(13-24)25(16)20(27)10-7-15-5-3-2-4-6-15/h2-6,8-9,16-17H,7,10-13H2,1H3. The van der Waals surface area contributed by atoms with Crippen LogP contribution in [0.1, 0.15) is 24.2 Å². The first-order chi connectivity index (χ1) is 13.2. The first-order valence-corrected chi connectivity index (χ1v) is 9.48. The van der Waals surface area contributed by atoms with Crippen LogP contribution in [0.25, 0.3) is 5.65 Å². The van der Waals surface area contributed by atoms with Crippen molar-refractivity contribution in [2.24, 2.45) is 0 Å². The number of piperidine rings is 1. The fraction of sp³-hybridized carbons (Fsp3) is 0.400. The summed E-state index contributed by atoms with van der Waals surface area (Å²) in [6.45, 7) is 3.58. The number of rotatable bonds is 4. The van der Waals surface area contributed by atoms with E-state index < -0.39 is 0 Å². The topological polar surface area (TPSA) is 66.6 Å². The number of fused-ring (bicyclic) bond motifs is 3. The molecule has 0 saturated carbocycles. The first kappa shape index (κ1) is 16.2. The van der Waals surface area contributed by atoms with Gasteiger partial charge in [0.05, 0.1) is 12.1 Å². The zero-order valence-electron chi connectivity index (χ0n) is 15.3. The number of aromatic nitrogens is 4. The van der Waals surface area contributed by atoms with Gasteiger partial charge in [-0.05, 0) is 37.5 Å². The van der Waals surface area contributed by atoms with Crippen LogP contribution in [-0.4, -0.2) is 55.8 Å². The maximum atomic E-state index is 12.7. The predicted octanol–water partition coefficient (Wildman–Crippen LogP) is 1.86. The van der Waals surface area contributed by atoms with Gasteiger partial charge in [0.2, 0.25) is 5.91 Å². The zero-order chi connectivity index (χ0) is 18.4. The lowest BCUT2D eigenvalue weighted by Crippen LogP contribution is -2.70. The van der Waals surface area contributed by atoms with Crippen LogP contribution in [0.2, 0.25) is 0 Å². The Morgan fingerprint density at radius 1 is 1.07 bits per heavy atom. The van der Waals surface area contributed by atoms with Gasteiger partial charge in [0.25, 0.3) is 0 Å². The Bertz CT molecular complexity index is 973. The normalized spacial score (nSPS) is 21.4. The number of aryl methyl sites for hydroxylation is 2. The fourth-order valence-corrected chi connectivity index (χ4v) is 4.28. The van der Waals surface area contributed by atoms with Gasteiger partial charge < -0.3 is 9.80 Å². The number of nitrogens with zero attached hydrogens (tertiary/aromatic N) is 6. The smallest absolute Gasteiger partial charge is 0.223 e. The van der Waals surface area contributed by atoms with E-state index in [-0.39, 0.29) is 5.91 Å². The molecule has 3 aromatic rings. The second-order valence-corrected chi connectivity index (χ2v) is 7.44. The number of hydrogen-bond donors (Lipinski definition) is 0. The molecule has 0 spiro atoms. The number of carbonyl (C=O) groups excluding carboxylic acids is 1. The third kappa shape index (κ3) is 2.83. The molecule has 3 aliphatic rings. The molecule has 2 atom stereocenters. The van der Waals surface area contributed by atoms with Crippen LogP contribution in [0.3, 0.4) is 0 Å². The molecule has 138 valence electrons. The monoisotopic (exact) mass is 362 g/mol. The Morgan fingerprint density at radius 2 is 1.85 bits per heavy atom. The van der Waals surface area contributed by atoms with E-state index in [4.69, 9.17) is 0 Å². The third-order valence-electron chi connectivity index (χ3n) is 5.68. The molecule has 6 rings (SSSR count). The van der Waals surface area contributed by atoms with E-state index in [0.29, 0.717) is 18.5 Å². The average Bonchev–Trinajstić information content (AvgIpc) is 3.07. The molecule has 1 aromatic carbocycles. The van der Waals surface area contributed by atoms with E-state index in [0.717, 1.165) is 43.2 Å². The van der Waals surface area contributed by atoms with Crippen molar-refractivity contribution < 1.29 is 4.79 Å². The number of benzene rings is 1. The van der Waals surface area contributed by atoms with Crippen LogP contribution < -0.4 is 4.90 Å². The zero-order valence-corrected chi connectivity index (χ0v) is 15.3. The van der Waals surface area contributed by atoms with Crippen LogP contribution in [0, 0.1) is 6.92 Å². The molecule has 3 aliphatic heterocycles. The quantitative estimate of drug-likeness (QED) is 0.709. The second kappa shape index (κ2) is 6.33. The number of carbonyl (C=O) groups is 1. The van der Waals surface area contributed by atoms with Crippen molar-refractivity contribution in [3.8, 4) is 0 Å². The molecule has 5 heterocycles. The highest BCUT2D eigenvalue weighted by Gasteiger charge is 2.47. The Labute approximate surface area is 157 Å². The van der Waals surface area contributed by atoms with Gasteiger partial charge >= 0.3 is 0 Å². The lowest BCUT2D eigenvalue weighted by molar-refractivity contribution is -0.146. The van der Waals surface area contributed by atoms with E-state index in [9.17, 15) is 4.79 Å². The van der Waals surface area contributed by atoms with Crippen molar-refractivity contribution in [2.45, 2.75) is 38.3 Å². The number of amides is 1. The fourth-order valence-electron chi connectivity index (χ4n) is 4.28. The molecular weight excluding hydrogens is 340 g/mol. The molecule has 7 nitrogen and oxygen atoms in total. The van der Waals surface area contributed by atoms with Crippen LogP contribution in [0.4, 0.5) is 5.82 Å². The lowest BCUT2D eigenvalue weighted by Gasteiger charge is -2.56. The molecule has 1 amide bonds.